The summed E-state index contributed by atoms with van der Waals surface area (Å²) in [5, 5.41) is 11.6. The first-order chi connectivity index (χ1) is 8.67. The summed E-state index contributed by atoms with van der Waals surface area (Å²) in [5.41, 5.74) is 1.86. The molecule has 0 bridgehead atoms. The topological polar surface area (TPSA) is 49.3 Å². The summed E-state index contributed by atoms with van der Waals surface area (Å²) < 4.78 is 0. The first-order valence-corrected chi connectivity index (χ1v) is 6.16. The zero-order chi connectivity index (χ0) is 13.4. The number of hydrogen-bond donors (Lipinski definition) is 2. The fraction of sp³-hybridized carbons (Fsp3) is 0.400. The quantitative estimate of drug-likeness (QED) is 0.797. The van der Waals surface area contributed by atoms with Crippen molar-refractivity contribution in [2.75, 3.05) is 6.61 Å². The van der Waals surface area contributed by atoms with Crippen LogP contribution in [0.4, 0.5) is 0 Å². The van der Waals surface area contributed by atoms with Crippen molar-refractivity contribution in [1.82, 2.24) is 5.32 Å². The van der Waals surface area contributed by atoms with E-state index in [0.717, 1.165) is 17.5 Å². The van der Waals surface area contributed by atoms with Crippen LogP contribution in [-0.4, -0.2) is 17.6 Å². The molecule has 0 saturated heterocycles. The van der Waals surface area contributed by atoms with Gasteiger partial charge in [-0.1, -0.05) is 30.9 Å². The number of carbonyl (C=O) groups is 1. The molecule has 1 aromatic rings. The van der Waals surface area contributed by atoms with E-state index in [4.69, 9.17) is 5.11 Å². The highest BCUT2D eigenvalue weighted by molar-refractivity contribution is 5.76. The van der Waals surface area contributed by atoms with Crippen LogP contribution in [0, 0.1) is 11.8 Å². The van der Waals surface area contributed by atoms with Crippen molar-refractivity contribution in [2.45, 2.75) is 32.7 Å². The predicted molar refractivity (Wildman–Crippen MR) is 71.9 cm³/mol. The fourth-order valence-electron chi connectivity index (χ4n) is 1.65. The van der Waals surface area contributed by atoms with Crippen LogP contribution in [0.5, 0.6) is 0 Å². The number of nitrogens with one attached hydrogen (secondary N) is 1. The lowest BCUT2D eigenvalue weighted by Gasteiger charge is -2.14. The average Bonchev–Trinajstić information content (AvgIpc) is 2.37. The van der Waals surface area contributed by atoms with Crippen molar-refractivity contribution in [3.05, 3.63) is 35.4 Å². The Bertz CT molecular complexity index is 457. The van der Waals surface area contributed by atoms with Crippen molar-refractivity contribution in [2.24, 2.45) is 0 Å². The third kappa shape index (κ3) is 4.60. The van der Waals surface area contributed by atoms with Crippen LogP contribution in [0.15, 0.2) is 24.3 Å². The molecule has 0 aliphatic heterocycles. The van der Waals surface area contributed by atoms with Gasteiger partial charge in [-0.05, 0) is 31.0 Å². The van der Waals surface area contributed by atoms with Crippen LogP contribution in [0.25, 0.3) is 0 Å². The van der Waals surface area contributed by atoms with Gasteiger partial charge in [-0.3, -0.25) is 4.79 Å². The van der Waals surface area contributed by atoms with Gasteiger partial charge in [-0.2, -0.15) is 0 Å². The molecule has 3 heteroatoms. The highest BCUT2D eigenvalue weighted by Gasteiger charge is 2.08. The summed E-state index contributed by atoms with van der Waals surface area (Å²) in [6, 6.07) is 7.65. The molecule has 0 aliphatic carbocycles. The summed E-state index contributed by atoms with van der Waals surface area (Å²) in [5.74, 6) is 5.53. The summed E-state index contributed by atoms with van der Waals surface area (Å²) >= 11 is 0. The number of amides is 1. The first kappa shape index (κ1) is 14.3. The third-order valence-electron chi connectivity index (χ3n) is 2.55. The van der Waals surface area contributed by atoms with Gasteiger partial charge in [0, 0.05) is 12.0 Å². The maximum Gasteiger partial charge on any atom is 0.220 e. The molecule has 1 rings (SSSR count). The maximum absolute atomic E-state index is 11.5. The Hall–Kier alpha value is -1.79. The van der Waals surface area contributed by atoms with Gasteiger partial charge >= 0.3 is 0 Å². The second-order valence-electron chi connectivity index (χ2n) is 4.12. The van der Waals surface area contributed by atoms with Crippen LogP contribution >= 0.6 is 0 Å². The van der Waals surface area contributed by atoms with Gasteiger partial charge in [0.1, 0.15) is 6.61 Å². The Morgan fingerprint density at radius 1 is 1.50 bits per heavy atom. The lowest BCUT2D eigenvalue weighted by Crippen LogP contribution is -2.26. The van der Waals surface area contributed by atoms with Crippen LogP contribution < -0.4 is 5.32 Å². The van der Waals surface area contributed by atoms with E-state index in [1.807, 2.05) is 38.1 Å². The minimum absolute atomic E-state index is 0.0278. The largest absolute Gasteiger partial charge is 0.384 e. The standard InChI is InChI=1S/C15H19NO2/c1-3-6-15(18)16-12(2)14-9-4-7-13(11-14)8-5-10-17/h4,7,9,11-12,17H,3,6,10H2,1-2H3,(H,16,18). The van der Waals surface area contributed by atoms with E-state index in [1.165, 1.54) is 0 Å². The van der Waals surface area contributed by atoms with Crippen molar-refractivity contribution in [1.29, 1.82) is 0 Å². The van der Waals surface area contributed by atoms with Gasteiger partial charge < -0.3 is 10.4 Å². The smallest absolute Gasteiger partial charge is 0.220 e. The number of rotatable bonds is 4. The fourth-order valence-corrected chi connectivity index (χ4v) is 1.65. The molecule has 0 spiro atoms. The number of aliphatic hydroxyl groups is 1. The van der Waals surface area contributed by atoms with Crippen LogP contribution in [0.3, 0.4) is 0 Å². The Kier molecular flexibility index (Phi) is 5.96. The molecule has 96 valence electrons. The summed E-state index contributed by atoms with van der Waals surface area (Å²) in [7, 11) is 0. The monoisotopic (exact) mass is 245 g/mol. The van der Waals surface area contributed by atoms with Gasteiger partial charge in [-0.25, -0.2) is 0 Å². The molecule has 0 aliphatic rings. The molecular formula is C15H19NO2. The highest BCUT2D eigenvalue weighted by atomic mass is 16.2. The second kappa shape index (κ2) is 7.52. The molecular weight excluding hydrogens is 226 g/mol. The van der Waals surface area contributed by atoms with E-state index < -0.39 is 0 Å². The minimum Gasteiger partial charge on any atom is -0.384 e. The van der Waals surface area contributed by atoms with Crippen LogP contribution in [0.2, 0.25) is 0 Å². The lowest BCUT2D eigenvalue weighted by atomic mass is 10.1. The molecule has 2 N–H and O–H groups in total. The minimum atomic E-state index is -0.146. The lowest BCUT2D eigenvalue weighted by molar-refractivity contribution is -0.121. The Morgan fingerprint density at radius 3 is 2.94 bits per heavy atom. The Labute approximate surface area is 108 Å². The normalized spacial score (nSPS) is 11.3. The molecule has 18 heavy (non-hydrogen) atoms. The zero-order valence-electron chi connectivity index (χ0n) is 10.9. The molecule has 0 aromatic heterocycles. The van der Waals surface area contributed by atoms with Gasteiger partial charge in [0.05, 0.1) is 6.04 Å². The SMILES string of the molecule is CCCC(=O)NC(C)c1cccc(C#CCO)c1. The van der Waals surface area contributed by atoms with E-state index in [-0.39, 0.29) is 18.6 Å². The average molecular weight is 245 g/mol. The van der Waals surface area contributed by atoms with Crippen molar-refractivity contribution >= 4 is 5.91 Å². The van der Waals surface area contributed by atoms with E-state index in [0.29, 0.717) is 6.42 Å². The second-order valence-corrected chi connectivity index (χ2v) is 4.12. The number of aliphatic hydroxyl groups excluding tert-OH is 1. The van der Waals surface area contributed by atoms with E-state index >= 15 is 0 Å². The number of hydrogen-bond acceptors (Lipinski definition) is 2. The summed E-state index contributed by atoms with van der Waals surface area (Å²) in [4.78, 5) is 11.5. The molecule has 0 heterocycles. The third-order valence-corrected chi connectivity index (χ3v) is 2.55. The molecule has 1 atom stereocenters. The summed E-state index contributed by atoms with van der Waals surface area (Å²) in [6.45, 7) is 3.79. The van der Waals surface area contributed by atoms with Crippen LogP contribution in [0.1, 0.15) is 43.9 Å². The molecule has 0 radical (unpaired) electrons. The Morgan fingerprint density at radius 2 is 2.28 bits per heavy atom. The van der Waals surface area contributed by atoms with E-state index in [1.54, 1.807) is 0 Å². The van der Waals surface area contributed by atoms with Gasteiger partial charge in [0.25, 0.3) is 0 Å². The first-order valence-electron chi connectivity index (χ1n) is 6.16. The number of benzene rings is 1. The van der Waals surface area contributed by atoms with Crippen molar-refractivity contribution in [3.63, 3.8) is 0 Å². The van der Waals surface area contributed by atoms with Crippen LogP contribution in [-0.2, 0) is 4.79 Å². The molecule has 0 saturated carbocycles. The molecule has 1 amide bonds. The molecule has 3 nitrogen and oxygen atoms in total. The van der Waals surface area contributed by atoms with E-state index in [2.05, 4.69) is 17.2 Å². The van der Waals surface area contributed by atoms with E-state index in [9.17, 15) is 4.79 Å². The van der Waals surface area contributed by atoms with Crippen molar-refractivity contribution in [3.8, 4) is 11.8 Å². The Balaban J connectivity index is 2.73. The number of carbonyl (C=O) groups excluding carboxylic acids is 1. The highest BCUT2D eigenvalue weighted by Crippen LogP contribution is 2.14. The predicted octanol–water partition coefficient (Wildman–Crippen LogP) is 2.01. The zero-order valence-corrected chi connectivity index (χ0v) is 10.9. The molecule has 1 aromatic carbocycles. The van der Waals surface area contributed by atoms with Crippen molar-refractivity contribution < 1.29 is 9.90 Å². The molecule has 1 unspecified atom stereocenters. The van der Waals surface area contributed by atoms with Gasteiger partial charge in [0.2, 0.25) is 5.91 Å². The molecule has 0 fully saturated rings. The van der Waals surface area contributed by atoms with Gasteiger partial charge in [-0.15, -0.1) is 0 Å². The van der Waals surface area contributed by atoms with Gasteiger partial charge in [0.15, 0.2) is 0 Å². The summed E-state index contributed by atoms with van der Waals surface area (Å²) in [6.07, 6.45) is 1.40. The maximum atomic E-state index is 11.5.